The highest BCUT2D eigenvalue weighted by atomic mass is 16.5. The van der Waals surface area contributed by atoms with Crippen LogP contribution in [0.5, 0.6) is 5.75 Å². The number of rotatable bonds is 3. The number of hydrogen-bond donors (Lipinski definition) is 1. The van der Waals surface area contributed by atoms with Crippen molar-refractivity contribution in [1.29, 1.82) is 0 Å². The van der Waals surface area contributed by atoms with E-state index in [0.29, 0.717) is 6.54 Å². The van der Waals surface area contributed by atoms with Crippen LogP contribution in [0.1, 0.15) is 18.9 Å². The van der Waals surface area contributed by atoms with Crippen molar-refractivity contribution in [2.24, 2.45) is 5.73 Å². The van der Waals surface area contributed by atoms with Gasteiger partial charge >= 0.3 is 0 Å². The van der Waals surface area contributed by atoms with Crippen molar-refractivity contribution in [1.82, 2.24) is 0 Å². The van der Waals surface area contributed by atoms with E-state index in [0.717, 1.165) is 24.3 Å². The molecule has 0 aliphatic rings. The summed E-state index contributed by atoms with van der Waals surface area (Å²) in [5, 5.41) is 0. The maximum atomic E-state index is 5.54. The van der Waals surface area contributed by atoms with Gasteiger partial charge in [0, 0.05) is 0 Å². The highest BCUT2D eigenvalue weighted by Gasteiger charge is 1.97. The predicted octanol–water partition coefficient (Wildman–Crippen LogP) is 1.79. The lowest BCUT2D eigenvalue weighted by atomic mass is 10.2. The van der Waals surface area contributed by atoms with Crippen LogP contribution < -0.4 is 10.5 Å². The molecule has 2 heteroatoms. The van der Waals surface area contributed by atoms with Gasteiger partial charge in [0.05, 0.1) is 18.7 Å². The van der Waals surface area contributed by atoms with Gasteiger partial charge in [-0.05, 0) is 18.6 Å². The molecular formula is C12H15NO. The van der Waals surface area contributed by atoms with Gasteiger partial charge in [0.1, 0.15) is 5.75 Å². The Labute approximate surface area is 85.1 Å². The third-order valence-corrected chi connectivity index (χ3v) is 1.67. The molecule has 0 atom stereocenters. The molecule has 2 nitrogen and oxygen atoms in total. The molecule has 0 bridgehead atoms. The summed E-state index contributed by atoms with van der Waals surface area (Å²) in [7, 11) is 0. The first kappa shape index (κ1) is 10.6. The van der Waals surface area contributed by atoms with Crippen molar-refractivity contribution in [2.45, 2.75) is 13.3 Å². The summed E-state index contributed by atoms with van der Waals surface area (Å²) in [6.45, 7) is 3.18. The van der Waals surface area contributed by atoms with Crippen LogP contribution in [-0.2, 0) is 0 Å². The van der Waals surface area contributed by atoms with Gasteiger partial charge in [0.2, 0.25) is 0 Å². The predicted molar refractivity (Wildman–Crippen MR) is 58.2 cm³/mol. The second kappa shape index (κ2) is 6.06. The minimum Gasteiger partial charge on any atom is -0.492 e. The zero-order valence-electron chi connectivity index (χ0n) is 8.42. The molecule has 1 aromatic carbocycles. The lowest BCUT2D eigenvalue weighted by molar-refractivity contribution is 0.316. The molecule has 0 aliphatic heterocycles. The van der Waals surface area contributed by atoms with E-state index < -0.39 is 0 Å². The van der Waals surface area contributed by atoms with Crippen molar-refractivity contribution in [3.63, 3.8) is 0 Å². The molecule has 14 heavy (non-hydrogen) atoms. The smallest absolute Gasteiger partial charge is 0.134 e. The third kappa shape index (κ3) is 3.12. The Morgan fingerprint density at radius 2 is 2.14 bits per heavy atom. The Hall–Kier alpha value is -1.46. The molecule has 2 N–H and O–H groups in total. The molecule has 0 aliphatic carbocycles. The molecular weight excluding hydrogens is 174 g/mol. The van der Waals surface area contributed by atoms with Gasteiger partial charge in [-0.3, -0.25) is 0 Å². The zero-order chi connectivity index (χ0) is 10.2. The quantitative estimate of drug-likeness (QED) is 0.736. The Morgan fingerprint density at radius 3 is 2.86 bits per heavy atom. The maximum absolute atomic E-state index is 5.54. The highest BCUT2D eigenvalue weighted by molar-refractivity contribution is 5.45. The third-order valence-electron chi connectivity index (χ3n) is 1.67. The Balaban J connectivity index is 2.80. The van der Waals surface area contributed by atoms with Gasteiger partial charge in [0.25, 0.3) is 0 Å². The van der Waals surface area contributed by atoms with Crippen molar-refractivity contribution in [3.05, 3.63) is 29.8 Å². The molecule has 0 radical (unpaired) electrons. The molecule has 0 spiro atoms. The molecule has 0 aromatic heterocycles. The van der Waals surface area contributed by atoms with E-state index in [-0.39, 0.29) is 0 Å². The standard InChI is InChI=1S/C12H15NO/c1-2-10-14-12-8-4-3-6-11(12)7-5-9-13/h3-4,6,8H,2,9-10,13H2,1H3. The van der Waals surface area contributed by atoms with E-state index in [4.69, 9.17) is 10.5 Å². The van der Waals surface area contributed by atoms with E-state index in [1.54, 1.807) is 0 Å². The van der Waals surface area contributed by atoms with Crippen LogP contribution in [-0.4, -0.2) is 13.2 Å². The normalized spacial score (nSPS) is 9.00. The number of hydrogen-bond acceptors (Lipinski definition) is 2. The molecule has 1 rings (SSSR count). The summed E-state index contributed by atoms with van der Waals surface area (Å²) in [5.41, 5.74) is 6.22. The van der Waals surface area contributed by atoms with Gasteiger partial charge in [-0.1, -0.05) is 30.9 Å². The number of para-hydroxylation sites is 1. The van der Waals surface area contributed by atoms with Crippen LogP contribution in [0, 0.1) is 11.8 Å². The van der Waals surface area contributed by atoms with Crippen LogP contribution in [0.4, 0.5) is 0 Å². The van der Waals surface area contributed by atoms with E-state index in [9.17, 15) is 0 Å². The number of ether oxygens (including phenoxy) is 1. The van der Waals surface area contributed by atoms with E-state index in [2.05, 4.69) is 18.8 Å². The second-order valence-corrected chi connectivity index (χ2v) is 2.85. The van der Waals surface area contributed by atoms with Crippen molar-refractivity contribution < 1.29 is 4.74 Å². The molecule has 0 fully saturated rings. The van der Waals surface area contributed by atoms with Crippen LogP contribution in [0.25, 0.3) is 0 Å². The topological polar surface area (TPSA) is 35.2 Å². The minimum atomic E-state index is 0.377. The van der Waals surface area contributed by atoms with Crippen LogP contribution in [0.15, 0.2) is 24.3 Å². The lowest BCUT2D eigenvalue weighted by Gasteiger charge is -2.05. The first-order valence-electron chi connectivity index (χ1n) is 4.79. The van der Waals surface area contributed by atoms with E-state index in [1.807, 2.05) is 24.3 Å². The fraction of sp³-hybridized carbons (Fsp3) is 0.333. The van der Waals surface area contributed by atoms with Crippen molar-refractivity contribution >= 4 is 0 Å². The van der Waals surface area contributed by atoms with E-state index in [1.165, 1.54) is 0 Å². The van der Waals surface area contributed by atoms with Gasteiger partial charge in [-0.15, -0.1) is 0 Å². The summed E-state index contributed by atoms with van der Waals surface area (Å²) in [6.07, 6.45) is 0.999. The van der Waals surface area contributed by atoms with Crippen molar-refractivity contribution in [3.8, 4) is 17.6 Å². The molecule has 1 aromatic rings. The first-order chi connectivity index (χ1) is 6.88. The van der Waals surface area contributed by atoms with E-state index >= 15 is 0 Å². The second-order valence-electron chi connectivity index (χ2n) is 2.85. The highest BCUT2D eigenvalue weighted by Crippen LogP contribution is 2.16. The fourth-order valence-corrected chi connectivity index (χ4v) is 1.05. The van der Waals surface area contributed by atoms with Crippen molar-refractivity contribution in [2.75, 3.05) is 13.2 Å². The molecule has 0 heterocycles. The zero-order valence-corrected chi connectivity index (χ0v) is 8.42. The molecule has 0 saturated heterocycles. The maximum Gasteiger partial charge on any atom is 0.134 e. The summed E-state index contributed by atoms with van der Waals surface area (Å²) in [5.74, 6) is 6.64. The molecule has 0 amide bonds. The van der Waals surface area contributed by atoms with Crippen LogP contribution >= 0.6 is 0 Å². The van der Waals surface area contributed by atoms with Gasteiger partial charge in [-0.25, -0.2) is 0 Å². The largest absolute Gasteiger partial charge is 0.492 e. The summed E-state index contributed by atoms with van der Waals surface area (Å²) >= 11 is 0. The van der Waals surface area contributed by atoms with Gasteiger partial charge < -0.3 is 10.5 Å². The summed E-state index contributed by atoms with van der Waals surface area (Å²) < 4.78 is 5.54. The number of benzene rings is 1. The molecule has 74 valence electrons. The number of nitrogens with two attached hydrogens (primary N) is 1. The summed E-state index contributed by atoms with van der Waals surface area (Å²) in [4.78, 5) is 0. The van der Waals surface area contributed by atoms with Crippen LogP contribution in [0.2, 0.25) is 0 Å². The first-order valence-corrected chi connectivity index (χ1v) is 4.79. The SMILES string of the molecule is CCCOc1ccccc1C#CCN. The monoisotopic (exact) mass is 189 g/mol. The average Bonchev–Trinajstić information content (AvgIpc) is 2.24. The Bertz CT molecular complexity index is 336. The van der Waals surface area contributed by atoms with Gasteiger partial charge in [0.15, 0.2) is 0 Å². The molecule has 0 saturated carbocycles. The lowest BCUT2D eigenvalue weighted by Crippen LogP contribution is -1.97. The van der Waals surface area contributed by atoms with Crippen LogP contribution in [0.3, 0.4) is 0 Å². The average molecular weight is 189 g/mol. The summed E-state index contributed by atoms with van der Waals surface area (Å²) in [6, 6.07) is 7.75. The Kier molecular flexibility index (Phi) is 4.60. The Morgan fingerprint density at radius 1 is 1.36 bits per heavy atom. The fourth-order valence-electron chi connectivity index (χ4n) is 1.05. The minimum absolute atomic E-state index is 0.377. The molecule has 0 unspecified atom stereocenters. The van der Waals surface area contributed by atoms with Gasteiger partial charge in [-0.2, -0.15) is 0 Å².